The Morgan fingerprint density at radius 1 is 1.54 bits per heavy atom. The molecule has 0 aromatic carbocycles. The quantitative estimate of drug-likeness (QED) is 0.573. The van der Waals surface area contributed by atoms with Crippen molar-refractivity contribution >= 4 is 11.9 Å². The average Bonchev–Trinajstić information content (AvgIpc) is 2.39. The number of nitrogens with zero attached hydrogens (tertiary/aromatic N) is 1. The maximum Gasteiger partial charge on any atom is 0.311 e. The highest BCUT2D eigenvalue weighted by Gasteiger charge is 2.42. The van der Waals surface area contributed by atoms with Gasteiger partial charge in [-0.25, -0.2) is 4.99 Å². The van der Waals surface area contributed by atoms with Crippen LogP contribution in [0, 0.1) is 5.92 Å². The summed E-state index contributed by atoms with van der Waals surface area (Å²) in [5.41, 5.74) is -0.404. The van der Waals surface area contributed by atoms with Crippen LogP contribution in [0.1, 0.15) is 20.3 Å². The van der Waals surface area contributed by atoms with E-state index in [1.807, 2.05) is 13.8 Å². The van der Waals surface area contributed by atoms with Gasteiger partial charge < -0.3 is 9.47 Å². The van der Waals surface area contributed by atoms with Gasteiger partial charge in [0.25, 0.3) is 0 Å². The van der Waals surface area contributed by atoms with Crippen molar-refractivity contribution < 1.29 is 14.3 Å². The molecule has 74 valence electrons. The van der Waals surface area contributed by atoms with Gasteiger partial charge in [0, 0.05) is 6.42 Å². The van der Waals surface area contributed by atoms with Gasteiger partial charge in [-0.3, -0.25) is 4.79 Å². The summed E-state index contributed by atoms with van der Waals surface area (Å²) < 4.78 is 9.71. The zero-order valence-corrected chi connectivity index (χ0v) is 8.46. The molecule has 13 heavy (non-hydrogen) atoms. The highest BCUT2D eigenvalue weighted by Crippen LogP contribution is 2.32. The molecule has 1 aliphatic rings. The summed E-state index contributed by atoms with van der Waals surface area (Å²) in [6, 6.07) is 0. The van der Waals surface area contributed by atoms with E-state index in [0.29, 0.717) is 12.3 Å². The number of methoxy groups -OCH3 is 2. The van der Waals surface area contributed by atoms with Gasteiger partial charge in [0.1, 0.15) is 0 Å². The molecule has 0 radical (unpaired) electrons. The van der Waals surface area contributed by atoms with Gasteiger partial charge in [-0.15, -0.1) is 0 Å². The number of rotatable bonds is 1. The summed E-state index contributed by atoms with van der Waals surface area (Å²) in [6.07, 6.45) is 0.538. The van der Waals surface area contributed by atoms with Crippen molar-refractivity contribution in [1.82, 2.24) is 0 Å². The minimum absolute atomic E-state index is 0.215. The molecule has 1 heterocycles. The fraction of sp³-hybridized carbons (Fsp3) is 0.778. The molecule has 0 aromatic rings. The smallest absolute Gasteiger partial charge is 0.311 e. The second-order valence-corrected chi connectivity index (χ2v) is 3.64. The van der Waals surface area contributed by atoms with E-state index in [1.165, 1.54) is 7.11 Å². The van der Waals surface area contributed by atoms with E-state index in [0.717, 1.165) is 0 Å². The van der Waals surface area contributed by atoms with E-state index in [9.17, 15) is 4.79 Å². The maximum absolute atomic E-state index is 11.3. The topological polar surface area (TPSA) is 47.9 Å². The van der Waals surface area contributed by atoms with Gasteiger partial charge in [-0.1, -0.05) is 0 Å². The van der Waals surface area contributed by atoms with Crippen molar-refractivity contribution in [3.63, 3.8) is 0 Å². The van der Waals surface area contributed by atoms with Crippen molar-refractivity contribution in [3.8, 4) is 0 Å². The largest absolute Gasteiger partial charge is 0.484 e. The molecule has 0 aromatic heterocycles. The van der Waals surface area contributed by atoms with E-state index in [2.05, 4.69) is 4.99 Å². The zero-order valence-electron chi connectivity index (χ0n) is 8.46. The van der Waals surface area contributed by atoms with Crippen LogP contribution in [0.3, 0.4) is 0 Å². The van der Waals surface area contributed by atoms with Crippen LogP contribution >= 0.6 is 0 Å². The molecule has 1 atom stereocenters. The number of ether oxygens (including phenoxy) is 2. The molecule has 1 rings (SSSR count). The monoisotopic (exact) mass is 185 g/mol. The number of aliphatic imine (C=N–C) groups is 1. The molecule has 1 aliphatic heterocycles. The standard InChI is InChI=1S/C9H15NO3/c1-9(2)6(8(11)13-4)5-7(10-9)12-3/h6H,5H2,1-4H3. The highest BCUT2D eigenvalue weighted by molar-refractivity contribution is 5.87. The summed E-state index contributed by atoms with van der Waals surface area (Å²) in [4.78, 5) is 15.6. The van der Waals surface area contributed by atoms with Gasteiger partial charge in [-0.05, 0) is 13.8 Å². The van der Waals surface area contributed by atoms with Crippen molar-refractivity contribution in [2.75, 3.05) is 14.2 Å². The molecule has 4 heteroatoms. The molecule has 0 amide bonds. The normalized spacial score (nSPS) is 25.2. The molecule has 0 N–H and O–H groups in total. The van der Waals surface area contributed by atoms with Gasteiger partial charge in [0.2, 0.25) is 0 Å². The lowest BCUT2D eigenvalue weighted by Crippen LogP contribution is -2.32. The summed E-state index contributed by atoms with van der Waals surface area (Å²) in [5.74, 6) is 0.189. The Bertz CT molecular complexity index is 245. The summed E-state index contributed by atoms with van der Waals surface area (Å²) in [6.45, 7) is 3.81. The Hall–Kier alpha value is -1.06. The first kappa shape index (κ1) is 10.0. The number of hydrogen-bond donors (Lipinski definition) is 0. The SMILES string of the molecule is COC(=O)C1CC(OC)=NC1(C)C. The lowest BCUT2D eigenvalue weighted by Gasteiger charge is -2.21. The first-order chi connectivity index (χ1) is 6.01. The number of carbonyl (C=O) groups excluding carboxylic acids is 1. The summed E-state index contributed by atoms with van der Waals surface area (Å²) in [7, 11) is 2.96. The molecular weight excluding hydrogens is 170 g/mol. The van der Waals surface area contributed by atoms with Gasteiger partial charge in [0.05, 0.1) is 25.7 Å². The van der Waals surface area contributed by atoms with E-state index >= 15 is 0 Å². The molecular formula is C9H15NO3. The number of esters is 1. The summed E-state index contributed by atoms with van der Waals surface area (Å²) >= 11 is 0. The van der Waals surface area contributed by atoms with E-state index < -0.39 is 5.54 Å². The predicted molar refractivity (Wildman–Crippen MR) is 48.6 cm³/mol. The first-order valence-corrected chi connectivity index (χ1v) is 4.22. The van der Waals surface area contributed by atoms with E-state index in [-0.39, 0.29) is 11.9 Å². The Morgan fingerprint density at radius 2 is 2.15 bits per heavy atom. The van der Waals surface area contributed by atoms with Crippen molar-refractivity contribution in [1.29, 1.82) is 0 Å². The second-order valence-electron chi connectivity index (χ2n) is 3.64. The molecule has 4 nitrogen and oxygen atoms in total. The zero-order chi connectivity index (χ0) is 10.1. The Morgan fingerprint density at radius 3 is 2.54 bits per heavy atom. The molecule has 0 fully saturated rings. The van der Waals surface area contributed by atoms with Crippen LogP contribution in [0.4, 0.5) is 0 Å². The van der Waals surface area contributed by atoms with Crippen LogP contribution in [-0.4, -0.2) is 31.6 Å². The molecule has 0 bridgehead atoms. The Labute approximate surface area is 77.9 Å². The van der Waals surface area contributed by atoms with Crippen LogP contribution in [0.5, 0.6) is 0 Å². The first-order valence-electron chi connectivity index (χ1n) is 4.22. The third-order valence-electron chi connectivity index (χ3n) is 2.37. The fourth-order valence-electron chi connectivity index (χ4n) is 1.51. The number of carbonyl (C=O) groups is 1. The fourth-order valence-corrected chi connectivity index (χ4v) is 1.51. The highest BCUT2D eigenvalue weighted by atomic mass is 16.5. The second kappa shape index (κ2) is 3.36. The van der Waals surface area contributed by atoms with Crippen molar-refractivity contribution in [2.45, 2.75) is 25.8 Å². The minimum atomic E-state index is -0.404. The van der Waals surface area contributed by atoms with Crippen molar-refractivity contribution in [2.24, 2.45) is 10.9 Å². The molecule has 1 unspecified atom stereocenters. The molecule has 0 saturated carbocycles. The van der Waals surface area contributed by atoms with Crippen LogP contribution in [0.25, 0.3) is 0 Å². The van der Waals surface area contributed by atoms with Crippen LogP contribution in [0.2, 0.25) is 0 Å². The van der Waals surface area contributed by atoms with E-state index in [1.54, 1.807) is 7.11 Å². The van der Waals surface area contributed by atoms with Crippen LogP contribution in [-0.2, 0) is 14.3 Å². The van der Waals surface area contributed by atoms with Gasteiger partial charge in [0.15, 0.2) is 5.90 Å². The van der Waals surface area contributed by atoms with Crippen molar-refractivity contribution in [3.05, 3.63) is 0 Å². The molecule has 0 spiro atoms. The van der Waals surface area contributed by atoms with Crippen LogP contribution in [0.15, 0.2) is 4.99 Å². The third kappa shape index (κ3) is 1.82. The molecule has 0 aliphatic carbocycles. The average molecular weight is 185 g/mol. The maximum atomic E-state index is 11.3. The Kier molecular flexibility index (Phi) is 2.59. The van der Waals surface area contributed by atoms with Gasteiger partial charge in [-0.2, -0.15) is 0 Å². The van der Waals surface area contributed by atoms with E-state index in [4.69, 9.17) is 9.47 Å². The molecule has 0 saturated heterocycles. The third-order valence-corrected chi connectivity index (χ3v) is 2.37. The van der Waals surface area contributed by atoms with Crippen LogP contribution < -0.4 is 0 Å². The minimum Gasteiger partial charge on any atom is -0.484 e. The summed E-state index contributed by atoms with van der Waals surface area (Å²) in [5, 5.41) is 0. The lowest BCUT2D eigenvalue weighted by atomic mass is 9.89. The Balaban J connectivity index is 2.78. The lowest BCUT2D eigenvalue weighted by molar-refractivity contribution is -0.146. The number of hydrogen-bond acceptors (Lipinski definition) is 4. The predicted octanol–water partition coefficient (Wildman–Crippen LogP) is 1.00. The van der Waals surface area contributed by atoms with Gasteiger partial charge >= 0.3 is 5.97 Å².